The molecule has 0 bridgehead atoms. The average Bonchev–Trinajstić information content (AvgIpc) is 3.08. The summed E-state index contributed by atoms with van der Waals surface area (Å²) in [6.45, 7) is 6.33. The Kier molecular flexibility index (Phi) is 7.21. The summed E-state index contributed by atoms with van der Waals surface area (Å²) in [6, 6.07) is 16.4. The predicted molar refractivity (Wildman–Crippen MR) is 137 cm³/mol. The summed E-state index contributed by atoms with van der Waals surface area (Å²) in [6.07, 6.45) is 1.65. The quantitative estimate of drug-likeness (QED) is 0.128. The number of non-ortho nitro benzene ring substituents is 1. The zero-order valence-electron chi connectivity index (χ0n) is 19.6. The Bertz CT molecular complexity index is 1410. The monoisotopic (exact) mass is 488 g/mol. The summed E-state index contributed by atoms with van der Waals surface area (Å²) >= 11 is 1.26. The number of rotatable bonds is 8. The molecule has 0 atom stereocenters. The van der Waals surface area contributed by atoms with Crippen LogP contribution < -0.4 is 5.43 Å². The molecule has 0 spiro atoms. The number of fused-ring (bicyclic) bond motifs is 1. The van der Waals surface area contributed by atoms with E-state index in [9.17, 15) is 14.9 Å². The molecule has 9 nitrogen and oxygen atoms in total. The van der Waals surface area contributed by atoms with Crippen LogP contribution >= 0.6 is 11.8 Å². The molecule has 178 valence electrons. The van der Waals surface area contributed by atoms with Crippen LogP contribution in [0.4, 0.5) is 5.69 Å². The van der Waals surface area contributed by atoms with E-state index in [1.165, 1.54) is 23.9 Å². The van der Waals surface area contributed by atoms with Gasteiger partial charge in [0.15, 0.2) is 5.16 Å². The summed E-state index contributed by atoms with van der Waals surface area (Å²) in [5.41, 5.74) is 8.19. The molecule has 2 heterocycles. The molecule has 0 aliphatic heterocycles. The van der Waals surface area contributed by atoms with Crippen molar-refractivity contribution in [1.82, 2.24) is 20.0 Å². The molecule has 1 amide bonds. The molecule has 0 unspecified atom stereocenters. The topological polar surface area (TPSA) is 115 Å². The van der Waals surface area contributed by atoms with Crippen molar-refractivity contribution in [2.45, 2.75) is 32.5 Å². The number of benzene rings is 2. The SMILES string of the molecule is Cc1cc(C)nc(SCC(=O)N/N=C\c2c(C)n(Cc3ccc([N+](=O)[O-])cc3)c3ccccc23)n1. The number of para-hydroxylation sites is 1. The molecule has 0 aliphatic carbocycles. The van der Waals surface area contributed by atoms with Gasteiger partial charge >= 0.3 is 0 Å². The number of aromatic nitrogens is 3. The van der Waals surface area contributed by atoms with E-state index < -0.39 is 4.92 Å². The third kappa shape index (κ3) is 5.72. The molecule has 0 aliphatic rings. The minimum atomic E-state index is -0.406. The minimum Gasteiger partial charge on any atom is -0.340 e. The number of nitrogens with one attached hydrogen (secondary N) is 1. The number of nitrogens with zero attached hydrogens (tertiary/aromatic N) is 5. The third-order valence-corrected chi connectivity index (χ3v) is 6.29. The van der Waals surface area contributed by atoms with Gasteiger partial charge in [-0.25, -0.2) is 15.4 Å². The first-order chi connectivity index (χ1) is 16.8. The molecule has 0 fully saturated rings. The Morgan fingerprint density at radius 1 is 1.11 bits per heavy atom. The van der Waals surface area contributed by atoms with Gasteiger partial charge in [0.1, 0.15) is 0 Å². The number of thioether (sulfide) groups is 1. The summed E-state index contributed by atoms with van der Waals surface area (Å²) < 4.78 is 2.13. The fourth-order valence-corrected chi connectivity index (χ4v) is 4.56. The van der Waals surface area contributed by atoms with Crippen LogP contribution in [0, 0.1) is 30.9 Å². The highest BCUT2D eigenvalue weighted by molar-refractivity contribution is 7.99. The van der Waals surface area contributed by atoms with Crippen molar-refractivity contribution in [3.05, 3.63) is 92.9 Å². The largest absolute Gasteiger partial charge is 0.340 e. The second-order valence-corrected chi connectivity index (χ2v) is 8.98. The molecule has 0 saturated heterocycles. The van der Waals surface area contributed by atoms with Crippen molar-refractivity contribution in [2.24, 2.45) is 5.10 Å². The second-order valence-electron chi connectivity index (χ2n) is 8.04. The number of carbonyl (C=O) groups excluding carboxylic acids is 1. The lowest BCUT2D eigenvalue weighted by Crippen LogP contribution is -2.20. The van der Waals surface area contributed by atoms with Crippen LogP contribution in [-0.4, -0.2) is 37.3 Å². The maximum atomic E-state index is 12.3. The van der Waals surface area contributed by atoms with Crippen LogP contribution in [0.3, 0.4) is 0 Å². The number of hydrogen-bond donors (Lipinski definition) is 1. The Hall–Kier alpha value is -4.05. The molecule has 10 heteroatoms. The van der Waals surface area contributed by atoms with Crippen molar-refractivity contribution in [3.63, 3.8) is 0 Å². The van der Waals surface area contributed by atoms with Crippen molar-refractivity contribution in [3.8, 4) is 0 Å². The molecule has 0 radical (unpaired) electrons. The van der Waals surface area contributed by atoms with E-state index in [0.29, 0.717) is 11.7 Å². The number of hydrazone groups is 1. The van der Waals surface area contributed by atoms with Crippen molar-refractivity contribution >= 4 is 40.5 Å². The van der Waals surface area contributed by atoms with Gasteiger partial charge in [-0.3, -0.25) is 14.9 Å². The normalized spacial score (nSPS) is 11.3. The van der Waals surface area contributed by atoms with Gasteiger partial charge in [0.2, 0.25) is 0 Å². The van der Waals surface area contributed by atoms with Crippen molar-refractivity contribution in [2.75, 3.05) is 5.75 Å². The van der Waals surface area contributed by atoms with Gasteiger partial charge in [0, 0.05) is 52.2 Å². The molecule has 2 aromatic carbocycles. The maximum absolute atomic E-state index is 12.3. The standard InChI is InChI=1S/C25H24N6O3S/c1-16-12-17(2)28-25(27-16)35-15-24(32)29-26-13-22-18(3)30(23-7-5-4-6-21(22)23)14-19-8-10-20(11-9-19)31(33)34/h4-13H,14-15H2,1-3H3,(H,29,32)/b26-13-. The van der Waals surface area contributed by atoms with Crippen LogP contribution in [0.25, 0.3) is 10.9 Å². The summed E-state index contributed by atoms with van der Waals surface area (Å²) in [5, 5.41) is 16.7. The van der Waals surface area contributed by atoms with Crippen LogP contribution in [-0.2, 0) is 11.3 Å². The lowest BCUT2D eigenvalue weighted by Gasteiger charge is -2.08. The number of nitro groups is 1. The minimum absolute atomic E-state index is 0.0636. The smallest absolute Gasteiger partial charge is 0.269 e. The molecule has 1 N–H and O–H groups in total. The lowest BCUT2D eigenvalue weighted by atomic mass is 10.1. The zero-order valence-corrected chi connectivity index (χ0v) is 20.4. The van der Waals surface area contributed by atoms with E-state index in [1.807, 2.05) is 51.1 Å². The Morgan fingerprint density at radius 2 is 1.80 bits per heavy atom. The van der Waals surface area contributed by atoms with Gasteiger partial charge in [0.25, 0.3) is 11.6 Å². The van der Waals surface area contributed by atoms with E-state index in [4.69, 9.17) is 0 Å². The van der Waals surface area contributed by atoms with E-state index in [1.54, 1.807) is 18.3 Å². The van der Waals surface area contributed by atoms with Gasteiger partial charge in [-0.2, -0.15) is 5.10 Å². The number of carbonyl (C=O) groups is 1. The van der Waals surface area contributed by atoms with E-state index >= 15 is 0 Å². The molecule has 4 aromatic rings. The first-order valence-electron chi connectivity index (χ1n) is 10.9. The van der Waals surface area contributed by atoms with E-state index in [-0.39, 0.29) is 17.3 Å². The highest BCUT2D eigenvalue weighted by atomic mass is 32.2. The number of hydrogen-bond acceptors (Lipinski definition) is 7. The maximum Gasteiger partial charge on any atom is 0.269 e. The summed E-state index contributed by atoms with van der Waals surface area (Å²) in [5.74, 6) is -0.0949. The zero-order chi connectivity index (χ0) is 24.9. The van der Waals surface area contributed by atoms with Gasteiger partial charge in [0.05, 0.1) is 16.9 Å². The van der Waals surface area contributed by atoms with Crippen molar-refractivity contribution < 1.29 is 9.72 Å². The fraction of sp³-hybridized carbons (Fsp3) is 0.200. The lowest BCUT2D eigenvalue weighted by molar-refractivity contribution is -0.384. The predicted octanol–water partition coefficient (Wildman–Crippen LogP) is 4.56. The Labute approximate surface area is 206 Å². The molecular weight excluding hydrogens is 464 g/mol. The second kappa shape index (κ2) is 10.5. The van der Waals surface area contributed by atoms with Crippen molar-refractivity contribution in [1.29, 1.82) is 0 Å². The number of nitro benzene ring substituents is 1. The van der Waals surface area contributed by atoms with Gasteiger partial charge in [-0.1, -0.05) is 42.1 Å². The molecular formula is C25H24N6O3S. The average molecular weight is 489 g/mol. The van der Waals surface area contributed by atoms with Gasteiger partial charge in [-0.05, 0) is 38.5 Å². The van der Waals surface area contributed by atoms with Crippen LogP contribution in [0.15, 0.2) is 64.9 Å². The van der Waals surface area contributed by atoms with E-state index in [2.05, 4.69) is 25.1 Å². The van der Waals surface area contributed by atoms with E-state index in [0.717, 1.165) is 39.1 Å². The molecule has 4 rings (SSSR count). The number of amides is 1. The van der Waals surface area contributed by atoms with Crippen LogP contribution in [0.2, 0.25) is 0 Å². The third-order valence-electron chi connectivity index (χ3n) is 5.44. The first-order valence-corrected chi connectivity index (χ1v) is 11.9. The van der Waals surface area contributed by atoms with Crippen LogP contribution in [0.1, 0.15) is 28.2 Å². The fourth-order valence-electron chi connectivity index (χ4n) is 3.82. The molecule has 35 heavy (non-hydrogen) atoms. The highest BCUT2D eigenvalue weighted by Crippen LogP contribution is 2.26. The summed E-state index contributed by atoms with van der Waals surface area (Å²) in [7, 11) is 0. The number of aryl methyl sites for hydroxylation is 2. The Balaban J connectivity index is 1.48. The summed E-state index contributed by atoms with van der Waals surface area (Å²) in [4.78, 5) is 31.5. The first kappa shape index (κ1) is 24.1. The highest BCUT2D eigenvalue weighted by Gasteiger charge is 2.14. The molecule has 2 aromatic heterocycles. The van der Waals surface area contributed by atoms with Crippen LogP contribution in [0.5, 0.6) is 0 Å². The Morgan fingerprint density at radius 3 is 2.49 bits per heavy atom. The molecule has 0 saturated carbocycles. The van der Waals surface area contributed by atoms with Gasteiger partial charge < -0.3 is 4.57 Å². The van der Waals surface area contributed by atoms with Gasteiger partial charge in [-0.15, -0.1) is 0 Å².